The minimum atomic E-state index is -4.45. The molecule has 2 unspecified atom stereocenters. The van der Waals surface area contributed by atoms with E-state index in [4.69, 9.17) is 0 Å². The lowest BCUT2D eigenvalue weighted by Crippen LogP contribution is -2.30. The van der Waals surface area contributed by atoms with Gasteiger partial charge in [0, 0.05) is 17.6 Å². The lowest BCUT2D eigenvalue weighted by atomic mass is 9.86. The van der Waals surface area contributed by atoms with Crippen molar-refractivity contribution < 1.29 is 13.2 Å². The number of nitrogens with one attached hydrogen (secondary N) is 1. The summed E-state index contributed by atoms with van der Waals surface area (Å²) in [5, 5.41) is 3.34. The molecule has 0 radical (unpaired) electrons. The van der Waals surface area contributed by atoms with Crippen molar-refractivity contribution in [2.75, 3.05) is 5.32 Å². The zero-order valence-electron chi connectivity index (χ0n) is 9.42. The zero-order chi connectivity index (χ0) is 12.5. The van der Waals surface area contributed by atoms with Gasteiger partial charge in [-0.25, -0.2) is 0 Å². The van der Waals surface area contributed by atoms with E-state index in [-0.39, 0.29) is 11.2 Å². The van der Waals surface area contributed by atoms with E-state index >= 15 is 0 Å². The van der Waals surface area contributed by atoms with Gasteiger partial charge in [-0.05, 0) is 18.8 Å². The molecular formula is C10H14F3N3S. The Hall–Kier alpha value is -0.850. The van der Waals surface area contributed by atoms with Crippen LogP contribution in [0.25, 0.3) is 0 Å². The van der Waals surface area contributed by atoms with E-state index in [1.807, 2.05) is 0 Å². The molecule has 0 aliphatic heterocycles. The third-order valence-corrected chi connectivity index (χ3v) is 3.75. The number of hydrogen-bond donors (Lipinski definition) is 1. The molecular weight excluding hydrogens is 251 g/mol. The summed E-state index contributed by atoms with van der Waals surface area (Å²) in [6.07, 6.45) is -0.0322. The van der Waals surface area contributed by atoms with Crippen LogP contribution in [-0.4, -0.2) is 15.4 Å². The fourth-order valence-electron chi connectivity index (χ4n) is 2.09. The molecule has 1 heterocycles. The number of rotatable bonds is 2. The second-order valence-electron chi connectivity index (χ2n) is 4.43. The van der Waals surface area contributed by atoms with Crippen molar-refractivity contribution in [2.45, 2.75) is 44.8 Å². The highest BCUT2D eigenvalue weighted by Crippen LogP contribution is 2.31. The average molecular weight is 265 g/mol. The van der Waals surface area contributed by atoms with Gasteiger partial charge < -0.3 is 5.32 Å². The van der Waals surface area contributed by atoms with Crippen LogP contribution in [0.2, 0.25) is 0 Å². The Kier molecular flexibility index (Phi) is 3.56. The first-order valence-electron chi connectivity index (χ1n) is 5.64. The summed E-state index contributed by atoms with van der Waals surface area (Å²) in [5.41, 5.74) is 0. The van der Waals surface area contributed by atoms with Crippen LogP contribution in [0.15, 0.2) is 0 Å². The average Bonchev–Trinajstić information content (AvgIpc) is 2.69. The van der Waals surface area contributed by atoms with Crippen molar-refractivity contribution in [1.82, 2.24) is 9.36 Å². The maximum Gasteiger partial charge on any atom is 0.452 e. The number of aromatic nitrogens is 2. The van der Waals surface area contributed by atoms with Crippen LogP contribution in [-0.2, 0) is 6.18 Å². The highest BCUT2D eigenvalue weighted by Gasteiger charge is 2.36. The van der Waals surface area contributed by atoms with Gasteiger partial charge in [-0.3, -0.25) is 0 Å². The van der Waals surface area contributed by atoms with E-state index in [1.54, 1.807) is 0 Å². The molecule has 0 spiro atoms. The normalized spacial score (nSPS) is 25.9. The molecule has 1 saturated carbocycles. The molecule has 0 bridgehead atoms. The van der Waals surface area contributed by atoms with E-state index in [2.05, 4.69) is 21.6 Å². The zero-order valence-corrected chi connectivity index (χ0v) is 10.2. The number of nitrogens with zero attached hydrogens (tertiary/aromatic N) is 2. The summed E-state index contributed by atoms with van der Waals surface area (Å²) in [6.45, 7) is 2.11. The summed E-state index contributed by atoms with van der Waals surface area (Å²) in [4.78, 5) is 3.48. The second kappa shape index (κ2) is 4.80. The van der Waals surface area contributed by atoms with Crippen molar-refractivity contribution in [3.05, 3.63) is 5.82 Å². The van der Waals surface area contributed by atoms with Crippen molar-refractivity contribution in [2.24, 2.45) is 5.92 Å². The van der Waals surface area contributed by atoms with Crippen molar-refractivity contribution in [3.8, 4) is 0 Å². The van der Waals surface area contributed by atoms with E-state index in [9.17, 15) is 13.2 Å². The molecule has 2 atom stereocenters. The molecule has 7 heteroatoms. The van der Waals surface area contributed by atoms with E-state index < -0.39 is 12.0 Å². The Balaban J connectivity index is 2.01. The van der Waals surface area contributed by atoms with Gasteiger partial charge in [-0.2, -0.15) is 22.5 Å². The van der Waals surface area contributed by atoms with Crippen molar-refractivity contribution in [3.63, 3.8) is 0 Å². The fourth-order valence-corrected chi connectivity index (χ4v) is 2.74. The van der Waals surface area contributed by atoms with Gasteiger partial charge in [0.25, 0.3) is 0 Å². The molecule has 1 N–H and O–H groups in total. The van der Waals surface area contributed by atoms with Crippen LogP contribution in [0.3, 0.4) is 0 Å². The first-order valence-corrected chi connectivity index (χ1v) is 6.41. The smallest absolute Gasteiger partial charge is 0.357 e. The highest BCUT2D eigenvalue weighted by atomic mass is 32.1. The number of alkyl halides is 3. The van der Waals surface area contributed by atoms with Gasteiger partial charge in [-0.1, -0.05) is 19.8 Å². The Morgan fingerprint density at radius 2 is 2.00 bits per heavy atom. The second-order valence-corrected chi connectivity index (χ2v) is 5.19. The predicted molar refractivity (Wildman–Crippen MR) is 60.0 cm³/mol. The Labute approximate surface area is 102 Å². The standard InChI is InChI=1S/C10H14F3N3S/c1-6-4-2-3-5-7(6)14-9-15-8(16-17-9)10(11,12)13/h6-7H,2-5H2,1H3,(H,14,15,16). The summed E-state index contributed by atoms with van der Waals surface area (Å²) >= 11 is 0.780. The highest BCUT2D eigenvalue weighted by molar-refractivity contribution is 7.09. The molecule has 1 aromatic rings. The number of halogens is 3. The molecule has 1 aliphatic rings. The first kappa shape index (κ1) is 12.6. The molecule has 0 aromatic carbocycles. The van der Waals surface area contributed by atoms with E-state index in [0.29, 0.717) is 5.92 Å². The van der Waals surface area contributed by atoms with Gasteiger partial charge in [0.2, 0.25) is 11.0 Å². The Morgan fingerprint density at radius 3 is 2.59 bits per heavy atom. The van der Waals surface area contributed by atoms with Crippen molar-refractivity contribution >= 4 is 16.7 Å². The molecule has 96 valence electrons. The quantitative estimate of drug-likeness (QED) is 0.888. The molecule has 1 aliphatic carbocycles. The van der Waals surface area contributed by atoms with Crippen LogP contribution in [0.4, 0.5) is 18.3 Å². The molecule has 1 fully saturated rings. The van der Waals surface area contributed by atoms with Gasteiger partial charge in [-0.15, -0.1) is 0 Å². The first-order chi connectivity index (χ1) is 7.97. The van der Waals surface area contributed by atoms with Crippen LogP contribution < -0.4 is 5.32 Å². The van der Waals surface area contributed by atoms with Gasteiger partial charge in [0.15, 0.2) is 0 Å². The molecule has 3 nitrogen and oxygen atoms in total. The number of anilines is 1. The largest absolute Gasteiger partial charge is 0.452 e. The van der Waals surface area contributed by atoms with Gasteiger partial charge >= 0.3 is 6.18 Å². The fraction of sp³-hybridized carbons (Fsp3) is 0.800. The predicted octanol–water partition coefficient (Wildman–Crippen LogP) is 3.55. The minimum Gasteiger partial charge on any atom is -0.357 e. The molecule has 1 aromatic heterocycles. The van der Waals surface area contributed by atoms with Crippen LogP contribution in [0.1, 0.15) is 38.4 Å². The third kappa shape index (κ3) is 3.08. The maximum atomic E-state index is 12.3. The molecule has 0 saturated heterocycles. The summed E-state index contributed by atoms with van der Waals surface area (Å²) in [5.74, 6) is -0.574. The summed E-state index contributed by atoms with van der Waals surface area (Å²) in [6, 6.07) is 0.220. The van der Waals surface area contributed by atoms with Gasteiger partial charge in [0.05, 0.1) is 0 Å². The Morgan fingerprint density at radius 1 is 1.29 bits per heavy atom. The molecule has 2 rings (SSSR count). The van der Waals surface area contributed by atoms with Crippen LogP contribution in [0.5, 0.6) is 0 Å². The lowest BCUT2D eigenvalue weighted by Gasteiger charge is -2.29. The Bertz CT molecular complexity index is 377. The summed E-state index contributed by atoms with van der Waals surface area (Å²) in [7, 11) is 0. The lowest BCUT2D eigenvalue weighted by molar-refractivity contribution is -0.144. The number of hydrogen-bond acceptors (Lipinski definition) is 4. The van der Waals surface area contributed by atoms with E-state index in [1.165, 1.54) is 6.42 Å². The SMILES string of the molecule is CC1CCCCC1Nc1nc(C(F)(F)F)ns1. The topological polar surface area (TPSA) is 37.8 Å². The van der Waals surface area contributed by atoms with Crippen LogP contribution in [0, 0.1) is 5.92 Å². The summed E-state index contributed by atoms with van der Waals surface area (Å²) < 4.78 is 40.3. The molecule has 17 heavy (non-hydrogen) atoms. The molecule has 0 amide bonds. The third-order valence-electron chi connectivity index (χ3n) is 3.10. The van der Waals surface area contributed by atoms with Crippen LogP contribution >= 0.6 is 11.5 Å². The maximum absolute atomic E-state index is 12.3. The monoisotopic (exact) mass is 265 g/mol. The van der Waals surface area contributed by atoms with Gasteiger partial charge in [0.1, 0.15) is 0 Å². The van der Waals surface area contributed by atoms with Crippen molar-refractivity contribution in [1.29, 1.82) is 0 Å². The van der Waals surface area contributed by atoms with E-state index in [0.717, 1.165) is 30.8 Å². The minimum absolute atomic E-state index is 0.220.